The number of esters is 4. The molecule has 0 fully saturated rings. The van der Waals surface area contributed by atoms with E-state index in [1.807, 2.05) is 13.8 Å². The molecule has 0 atom stereocenters. The van der Waals surface area contributed by atoms with Crippen LogP contribution in [0.5, 0.6) is 0 Å². The predicted molar refractivity (Wildman–Crippen MR) is 400 cm³/mol. The fraction of sp³-hybridized carbons (Fsp3) is 0.577. The molecule has 0 aliphatic carbocycles. The van der Waals surface area contributed by atoms with E-state index in [1.54, 1.807) is 102 Å². The van der Waals surface area contributed by atoms with Crippen molar-refractivity contribution in [1.82, 2.24) is 33.6 Å². The van der Waals surface area contributed by atoms with Gasteiger partial charge in [-0.05, 0) is 76.2 Å². The van der Waals surface area contributed by atoms with Crippen LogP contribution in [0.25, 0.3) is 4.85 Å². The summed E-state index contributed by atoms with van der Waals surface area (Å²) in [4.78, 5) is 85.1. The predicted octanol–water partition coefficient (Wildman–Crippen LogP) is 12.2. The molecule has 5 aromatic heterocycles. The number of ketones is 2. The number of Topliss-reactive ketones (excluding diaryl/α,β-unsaturated/α-hetero) is 2. The maximum atomic E-state index is 11.6. The van der Waals surface area contributed by atoms with Crippen LogP contribution >= 0.6 is 0 Å². The molecule has 5 heterocycles. The van der Waals surface area contributed by atoms with Gasteiger partial charge in [-0.25, -0.2) is 36.1 Å². The first kappa shape index (κ1) is 95.7. The van der Waals surface area contributed by atoms with Gasteiger partial charge in [0.05, 0.1) is 74.3 Å². The number of nitrogen functional groups attached to an aromatic ring is 1. The molecule has 0 aliphatic rings. The number of nitrogens with two attached hydrogens (primary N) is 2. The molecule has 0 aliphatic heterocycles. The number of oxazole rings is 4. The molecular formula is C71H114N10O15Si4. The van der Waals surface area contributed by atoms with Crippen LogP contribution < -0.4 is 11.5 Å². The Balaban J connectivity index is -0.00000109. The summed E-state index contributed by atoms with van der Waals surface area (Å²) in [6.45, 7) is 64.4. The van der Waals surface area contributed by atoms with Crippen molar-refractivity contribution in [1.29, 1.82) is 0 Å². The molecule has 25 nitrogen and oxygen atoms in total. The fourth-order valence-electron chi connectivity index (χ4n) is 8.27. The van der Waals surface area contributed by atoms with E-state index < -0.39 is 55.7 Å². The van der Waals surface area contributed by atoms with Crippen LogP contribution in [0.3, 0.4) is 0 Å². The molecule has 100 heavy (non-hydrogen) atoms. The Morgan fingerprint density at radius 1 is 0.590 bits per heavy atom. The molecule has 0 saturated heterocycles. The number of rotatable bonds is 21. The van der Waals surface area contributed by atoms with E-state index in [0.717, 1.165) is 18.0 Å². The molecule has 29 heteroatoms. The van der Waals surface area contributed by atoms with Gasteiger partial charge in [-0.15, -0.1) is 12.8 Å². The Hall–Kier alpha value is -8.45. The lowest BCUT2D eigenvalue weighted by Gasteiger charge is -2.42. The topological polar surface area (TPSA) is 332 Å². The standard InChI is InChI=1S/C12H25NO2Si2.C10H13N3O2.C10H12N2O2.C10H15NO3.C9H21NSi2.C9H12O3.C8H11NO3.C3H5N/c1-8-15-12(14)10-9-11-13(16(2,3)4)17(5,6)7;1-6-12-5-8(14-6)10(2,3)7-4-9(11)15-13-7;1-7-12-6-9(14-7)10(2,3)8(13)5-11-4;1-5-13-9(12)10(3,4)8-6-11-7(2)14-8;1-8-9-10(11(2,3)4)12(5,6)7;1-3-12-9(11)7-5-4-6-8(2)10;1-3-11-8(10)4-7-5-9-6(2)12-7;1-2-3-4/h8,11H2,1-7H3;4-5H,11H2,1-3H3;6H,5H2,1-3H3;6H,5H2,1-4H3;1H,9H2,2-7H3;3-4,6H2,1-2H3;5H,3-4H2,1-2H3;1H,3-4H2. The number of terminal acetylenes is 2. The zero-order valence-electron chi connectivity index (χ0n) is 64.7. The highest BCUT2D eigenvalue weighted by Gasteiger charge is 2.38. The average molecular weight is 1460 g/mol. The monoisotopic (exact) mass is 1460 g/mol. The molecule has 5 aromatic rings. The fourth-order valence-corrected chi connectivity index (χ4v) is 26.6. The van der Waals surface area contributed by atoms with Crippen molar-refractivity contribution in [2.24, 2.45) is 5.73 Å². The van der Waals surface area contributed by atoms with E-state index >= 15 is 0 Å². The minimum atomic E-state index is -1.37. The average Bonchev–Trinajstić information content (AvgIpc) is 1.64. The summed E-state index contributed by atoms with van der Waals surface area (Å²) >= 11 is 0. The normalized spacial score (nSPS) is 10.9. The second-order valence-corrected chi connectivity index (χ2v) is 47.6. The number of hydrogen-bond donors (Lipinski definition) is 2. The third kappa shape index (κ3) is 40.0. The smallest absolute Gasteiger partial charge is 0.384 e. The number of hydrogen-bond acceptors (Lipinski definition) is 24. The van der Waals surface area contributed by atoms with Crippen LogP contribution in [0.4, 0.5) is 5.88 Å². The van der Waals surface area contributed by atoms with Gasteiger partial charge in [-0.2, -0.15) is 0 Å². The van der Waals surface area contributed by atoms with Gasteiger partial charge in [-0.3, -0.25) is 19.2 Å². The number of carbonyl (C=O) groups is 6. The van der Waals surface area contributed by atoms with Gasteiger partial charge < -0.3 is 65.9 Å². The van der Waals surface area contributed by atoms with Crippen molar-refractivity contribution < 1.29 is 69.9 Å². The van der Waals surface area contributed by atoms with Crippen LogP contribution in [0.2, 0.25) is 78.6 Å². The van der Waals surface area contributed by atoms with Crippen molar-refractivity contribution in [3.63, 3.8) is 0 Å². The maximum Gasteiger partial charge on any atom is 0.384 e. The van der Waals surface area contributed by atoms with Gasteiger partial charge in [0, 0.05) is 71.5 Å². The summed E-state index contributed by atoms with van der Waals surface area (Å²) in [6.07, 6.45) is 17.3. The largest absolute Gasteiger partial charge is 0.466 e. The first-order valence-electron chi connectivity index (χ1n) is 32.6. The molecule has 0 saturated carbocycles. The van der Waals surface area contributed by atoms with Crippen molar-refractivity contribution in [3.8, 4) is 48.4 Å². The lowest BCUT2D eigenvalue weighted by Crippen LogP contribution is -2.59. The van der Waals surface area contributed by atoms with Gasteiger partial charge in [0.25, 0.3) is 6.54 Å². The number of nitrogens with zero attached hydrogens (tertiary/aromatic N) is 8. The van der Waals surface area contributed by atoms with Crippen molar-refractivity contribution >= 4 is 74.3 Å². The Bertz CT molecular complexity index is 3480. The zero-order chi connectivity index (χ0) is 78.1. The molecule has 0 unspecified atom stereocenters. The van der Waals surface area contributed by atoms with Gasteiger partial charge in [-0.1, -0.05) is 107 Å². The van der Waals surface area contributed by atoms with E-state index in [9.17, 15) is 28.8 Å². The Morgan fingerprint density at radius 3 is 1.32 bits per heavy atom. The maximum absolute atomic E-state index is 11.6. The highest BCUT2D eigenvalue weighted by atomic mass is 28.4. The molecule has 0 radical (unpaired) electrons. The number of aryl methyl sites for hydroxylation is 4. The quantitative estimate of drug-likeness (QED) is 0.0172. The van der Waals surface area contributed by atoms with Crippen LogP contribution in [-0.2, 0) is 70.4 Å². The van der Waals surface area contributed by atoms with Gasteiger partial charge >= 0.3 is 23.9 Å². The van der Waals surface area contributed by atoms with Crippen LogP contribution in [0.1, 0.15) is 141 Å². The second-order valence-electron chi connectivity index (χ2n) is 27.2. The minimum absolute atomic E-state index is 0.0770. The molecule has 4 N–H and O–H groups in total. The number of carbonyl (C=O) groups excluding carboxylic acids is 6. The summed E-state index contributed by atoms with van der Waals surface area (Å²) in [5, 5.41) is 3.89. The molecule has 0 amide bonds. The number of anilines is 1. The Kier molecular flexibility index (Phi) is 44.8. The van der Waals surface area contributed by atoms with E-state index in [4.69, 9.17) is 60.9 Å². The van der Waals surface area contributed by atoms with Crippen molar-refractivity contribution in [2.75, 3.05) is 58.3 Å². The number of ether oxygens (including phenoxy) is 4. The van der Waals surface area contributed by atoms with Crippen LogP contribution in [0.15, 0.2) is 53.0 Å². The molecule has 0 bridgehead atoms. The zero-order valence-corrected chi connectivity index (χ0v) is 68.7. The Labute approximate surface area is 599 Å². The molecular weight excluding hydrogens is 1350 g/mol. The van der Waals surface area contributed by atoms with Crippen LogP contribution in [-0.4, -0.2) is 155 Å². The van der Waals surface area contributed by atoms with E-state index in [2.05, 4.69) is 164 Å². The van der Waals surface area contributed by atoms with Crippen molar-refractivity contribution in [3.05, 3.63) is 94.6 Å². The summed E-state index contributed by atoms with van der Waals surface area (Å²) in [5.41, 5.74) is 9.10. The third-order valence-electron chi connectivity index (χ3n) is 13.3. The first-order valence-corrected chi connectivity index (χ1v) is 46.4. The molecule has 554 valence electrons. The van der Waals surface area contributed by atoms with Crippen LogP contribution in [0, 0.1) is 82.6 Å². The van der Waals surface area contributed by atoms with Gasteiger partial charge in [0.1, 0.15) is 73.6 Å². The van der Waals surface area contributed by atoms with Crippen molar-refractivity contribution in [2.45, 2.75) is 218 Å². The molecule has 0 aromatic carbocycles. The third-order valence-corrected chi connectivity index (χ3v) is 28.4. The highest BCUT2D eigenvalue weighted by molar-refractivity contribution is 6.90. The summed E-state index contributed by atoms with van der Waals surface area (Å²) in [5.74, 6) is 18.7. The summed E-state index contributed by atoms with van der Waals surface area (Å²) < 4.78 is 50.1. The summed E-state index contributed by atoms with van der Waals surface area (Å²) in [7, 11) is -5.13. The molecule has 0 spiro atoms. The SMILES string of the molecule is C#CCN.C#CCN([Si](C)(C)C)[Si](C)(C)C.CCOC(=O)C#CCCC(C)=O.CCOC(=O)C#CCN([Si](C)(C)C)[Si](C)(C)C.CCOC(=O)C(C)(C)c1cnc(C)o1.CCOC(=O)Cc1cnc(C)o1.Cc1ncc(C(C)(C)c2cc(N)on2)o1.[C-]#[N+]CC(=O)C(C)(C)c1cnc(C)o1. The van der Waals surface area contributed by atoms with Gasteiger partial charge in [0.2, 0.25) is 11.7 Å². The Morgan fingerprint density at radius 2 is 0.990 bits per heavy atom. The van der Waals surface area contributed by atoms with Gasteiger partial charge in [0.15, 0.2) is 23.6 Å². The van der Waals surface area contributed by atoms with E-state index in [0.29, 0.717) is 99.1 Å². The lowest BCUT2D eigenvalue weighted by molar-refractivity contribution is -0.149. The highest BCUT2D eigenvalue weighted by Crippen LogP contribution is 2.32. The van der Waals surface area contributed by atoms with E-state index in [1.165, 1.54) is 19.3 Å². The van der Waals surface area contributed by atoms with E-state index in [-0.39, 0.29) is 41.9 Å². The second kappa shape index (κ2) is 46.8. The first-order chi connectivity index (χ1) is 46.0. The lowest BCUT2D eigenvalue weighted by atomic mass is 9.86. The molecule has 5 rings (SSSR count). The number of aromatic nitrogens is 5. The minimum Gasteiger partial charge on any atom is -0.466 e. The summed E-state index contributed by atoms with van der Waals surface area (Å²) in [6, 6.07) is 1.69.